The van der Waals surface area contributed by atoms with Crippen molar-refractivity contribution in [2.75, 3.05) is 26.8 Å². The summed E-state index contributed by atoms with van der Waals surface area (Å²) < 4.78 is 4.74. The molecule has 0 bridgehead atoms. The second-order valence-corrected chi connectivity index (χ2v) is 3.78. The van der Waals surface area contributed by atoms with Crippen molar-refractivity contribution in [2.24, 2.45) is 5.92 Å². The van der Waals surface area contributed by atoms with Gasteiger partial charge in [0.2, 0.25) is 17.7 Å². The van der Waals surface area contributed by atoms with Gasteiger partial charge < -0.3 is 10.1 Å². The smallest absolute Gasteiger partial charge is 0.331 e. The molecule has 8 nitrogen and oxygen atoms in total. The van der Waals surface area contributed by atoms with E-state index in [0.717, 1.165) is 0 Å². The number of methoxy groups -OCH3 is 1. The molecule has 0 saturated carbocycles. The molecule has 100 valence electrons. The topological polar surface area (TPSA) is 105 Å². The van der Waals surface area contributed by atoms with Crippen LogP contribution in [0.1, 0.15) is 6.92 Å². The molecule has 1 fully saturated rings. The molecule has 1 rings (SSSR count). The number of rotatable bonds is 5. The lowest BCUT2D eigenvalue weighted by molar-refractivity contribution is -0.144. The zero-order valence-electron chi connectivity index (χ0n) is 10.2. The average Bonchev–Trinajstić information content (AvgIpc) is 2.32. The molecular formula is C10H15N3O5. The summed E-state index contributed by atoms with van der Waals surface area (Å²) in [6.07, 6.45) is 0. The monoisotopic (exact) mass is 257 g/mol. The van der Waals surface area contributed by atoms with Crippen LogP contribution in [0.2, 0.25) is 0 Å². The fourth-order valence-corrected chi connectivity index (χ4v) is 1.37. The van der Waals surface area contributed by atoms with Crippen LogP contribution in [0.5, 0.6) is 0 Å². The SMILES string of the molecule is COCCNC(=O)CN1C(=O)NC(=O)C(C)C1=O. The van der Waals surface area contributed by atoms with Gasteiger partial charge in [0.25, 0.3) is 0 Å². The van der Waals surface area contributed by atoms with Gasteiger partial charge in [0, 0.05) is 13.7 Å². The zero-order chi connectivity index (χ0) is 13.7. The number of hydrogen-bond donors (Lipinski definition) is 2. The molecule has 0 aliphatic carbocycles. The van der Waals surface area contributed by atoms with Crippen LogP contribution in [0.15, 0.2) is 0 Å². The van der Waals surface area contributed by atoms with Crippen molar-refractivity contribution in [2.45, 2.75) is 6.92 Å². The van der Waals surface area contributed by atoms with Crippen molar-refractivity contribution in [3.05, 3.63) is 0 Å². The third-order valence-electron chi connectivity index (χ3n) is 2.44. The molecule has 0 aromatic heterocycles. The molecule has 1 aliphatic heterocycles. The van der Waals surface area contributed by atoms with E-state index in [1.165, 1.54) is 14.0 Å². The molecule has 2 N–H and O–H groups in total. The molecule has 18 heavy (non-hydrogen) atoms. The fourth-order valence-electron chi connectivity index (χ4n) is 1.37. The third kappa shape index (κ3) is 3.27. The lowest BCUT2D eigenvalue weighted by Gasteiger charge is -2.27. The number of hydrogen-bond acceptors (Lipinski definition) is 5. The normalized spacial score (nSPS) is 19.8. The van der Waals surface area contributed by atoms with Crippen LogP contribution in [0.25, 0.3) is 0 Å². The maximum atomic E-state index is 11.7. The number of imide groups is 2. The Balaban J connectivity index is 2.55. The number of carbonyl (C=O) groups is 4. The standard InChI is InChI=1S/C10H15N3O5/c1-6-8(15)12-10(17)13(9(6)16)5-7(14)11-3-4-18-2/h6H,3-5H2,1-2H3,(H,11,14)(H,12,15,17). The van der Waals surface area contributed by atoms with Crippen LogP contribution in [0.3, 0.4) is 0 Å². The predicted octanol–water partition coefficient (Wildman–Crippen LogP) is -1.54. The van der Waals surface area contributed by atoms with Gasteiger partial charge in [0.05, 0.1) is 6.61 Å². The highest BCUT2D eigenvalue weighted by Gasteiger charge is 2.38. The largest absolute Gasteiger partial charge is 0.383 e. The van der Waals surface area contributed by atoms with E-state index in [-0.39, 0.29) is 6.54 Å². The maximum Gasteiger partial charge on any atom is 0.331 e. The summed E-state index contributed by atoms with van der Waals surface area (Å²) in [6.45, 7) is 1.58. The number of urea groups is 1. The minimum atomic E-state index is -0.963. The molecule has 1 saturated heterocycles. The van der Waals surface area contributed by atoms with Gasteiger partial charge in [-0.3, -0.25) is 24.6 Å². The van der Waals surface area contributed by atoms with Gasteiger partial charge in [-0.2, -0.15) is 0 Å². The van der Waals surface area contributed by atoms with E-state index in [0.29, 0.717) is 11.5 Å². The van der Waals surface area contributed by atoms with Gasteiger partial charge in [0.15, 0.2) is 0 Å². The number of amides is 5. The summed E-state index contributed by atoms with van der Waals surface area (Å²) >= 11 is 0. The summed E-state index contributed by atoms with van der Waals surface area (Å²) in [5.41, 5.74) is 0. The third-order valence-corrected chi connectivity index (χ3v) is 2.44. The Hall–Kier alpha value is -1.96. The average molecular weight is 257 g/mol. The van der Waals surface area contributed by atoms with Gasteiger partial charge in [-0.15, -0.1) is 0 Å². The van der Waals surface area contributed by atoms with Crippen molar-refractivity contribution < 1.29 is 23.9 Å². The minimum Gasteiger partial charge on any atom is -0.383 e. The van der Waals surface area contributed by atoms with E-state index in [1.807, 2.05) is 5.32 Å². The molecule has 0 radical (unpaired) electrons. The molecule has 8 heteroatoms. The van der Waals surface area contributed by atoms with Crippen LogP contribution in [0.4, 0.5) is 4.79 Å². The number of carbonyl (C=O) groups excluding carboxylic acids is 4. The summed E-state index contributed by atoms with van der Waals surface area (Å²) in [5.74, 6) is -2.78. The number of nitrogens with zero attached hydrogens (tertiary/aromatic N) is 1. The van der Waals surface area contributed by atoms with Gasteiger partial charge in [-0.05, 0) is 6.92 Å². The van der Waals surface area contributed by atoms with Crippen LogP contribution in [-0.2, 0) is 19.1 Å². The van der Waals surface area contributed by atoms with Crippen molar-refractivity contribution in [1.82, 2.24) is 15.5 Å². The van der Waals surface area contributed by atoms with Crippen molar-refractivity contribution in [3.63, 3.8) is 0 Å². The lowest BCUT2D eigenvalue weighted by atomic mass is 10.1. The van der Waals surface area contributed by atoms with Crippen LogP contribution in [0, 0.1) is 5.92 Å². The van der Waals surface area contributed by atoms with E-state index >= 15 is 0 Å². The van der Waals surface area contributed by atoms with E-state index in [1.54, 1.807) is 0 Å². The lowest BCUT2D eigenvalue weighted by Crippen LogP contribution is -2.59. The molecule has 1 atom stereocenters. The summed E-state index contributed by atoms with van der Waals surface area (Å²) in [7, 11) is 1.49. The quantitative estimate of drug-likeness (QED) is 0.459. The van der Waals surface area contributed by atoms with E-state index in [9.17, 15) is 19.2 Å². The van der Waals surface area contributed by atoms with Gasteiger partial charge in [-0.1, -0.05) is 0 Å². The molecular weight excluding hydrogens is 242 g/mol. The Morgan fingerprint density at radius 3 is 2.72 bits per heavy atom. The Morgan fingerprint density at radius 2 is 2.11 bits per heavy atom. The second kappa shape index (κ2) is 6.10. The van der Waals surface area contributed by atoms with E-state index < -0.39 is 36.2 Å². The minimum absolute atomic E-state index is 0.285. The summed E-state index contributed by atoms with van der Waals surface area (Å²) in [5, 5.41) is 4.48. The van der Waals surface area contributed by atoms with Gasteiger partial charge in [0.1, 0.15) is 12.5 Å². The second-order valence-electron chi connectivity index (χ2n) is 3.78. The maximum absolute atomic E-state index is 11.7. The van der Waals surface area contributed by atoms with Crippen LogP contribution >= 0.6 is 0 Å². The molecule has 5 amide bonds. The molecule has 1 heterocycles. The Kier molecular flexibility index (Phi) is 4.78. The first-order chi connectivity index (χ1) is 8.47. The molecule has 1 unspecified atom stereocenters. The van der Waals surface area contributed by atoms with E-state index in [2.05, 4.69) is 5.32 Å². The first-order valence-corrected chi connectivity index (χ1v) is 5.39. The Bertz CT molecular complexity index is 382. The zero-order valence-corrected chi connectivity index (χ0v) is 10.2. The van der Waals surface area contributed by atoms with Gasteiger partial charge >= 0.3 is 6.03 Å². The van der Waals surface area contributed by atoms with Crippen molar-refractivity contribution in [3.8, 4) is 0 Å². The van der Waals surface area contributed by atoms with Crippen LogP contribution in [-0.4, -0.2) is 55.5 Å². The highest BCUT2D eigenvalue weighted by Crippen LogP contribution is 2.08. The Morgan fingerprint density at radius 1 is 1.44 bits per heavy atom. The van der Waals surface area contributed by atoms with Crippen molar-refractivity contribution in [1.29, 1.82) is 0 Å². The number of nitrogens with one attached hydrogen (secondary N) is 2. The van der Waals surface area contributed by atoms with Gasteiger partial charge in [-0.25, -0.2) is 4.79 Å². The Labute approximate surface area is 104 Å². The first kappa shape index (κ1) is 14.1. The predicted molar refractivity (Wildman–Crippen MR) is 59.3 cm³/mol. The van der Waals surface area contributed by atoms with Crippen molar-refractivity contribution >= 4 is 23.8 Å². The summed E-state index contributed by atoms with van der Waals surface area (Å²) in [6, 6.07) is -0.870. The number of ether oxygens (including phenoxy) is 1. The number of barbiturate groups is 1. The molecule has 1 aliphatic rings. The molecule has 0 aromatic carbocycles. The highest BCUT2D eigenvalue weighted by molar-refractivity contribution is 6.16. The first-order valence-electron chi connectivity index (χ1n) is 5.39. The highest BCUT2D eigenvalue weighted by atomic mass is 16.5. The van der Waals surface area contributed by atoms with E-state index in [4.69, 9.17) is 4.74 Å². The summed E-state index contributed by atoms with van der Waals surface area (Å²) in [4.78, 5) is 46.4. The van der Waals surface area contributed by atoms with Crippen LogP contribution < -0.4 is 10.6 Å². The molecule has 0 aromatic rings. The fraction of sp³-hybridized carbons (Fsp3) is 0.600. The molecule has 0 spiro atoms.